The lowest BCUT2D eigenvalue weighted by atomic mass is 10.4. The molecule has 5 nitrogen and oxygen atoms in total. The Labute approximate surface area is 63.4 Å². The number of hydrogen-bond donors (Lipinski definition) is 2. The summed E-state index contributed by atoms with van der Waals surface area (Å²) in [5, 5.41) is 0. The molecule has 0 aliphatic carbocycles. The molecule has 1 heterocycles. The molecule has 4 N–H and O–H groups in total. The highest BCUT2D eigenvalue weighted by Crippen LogP contribution is 1.92. The Morgan fingerprint density at radius 3 is 2.91 bits per heavy atom. The fourth-order valence-electron chi connectivity index (χ4n) is 0.628. The van der Waals surface area contributed by atoms with Gasteiger partial charge in [0.05, 0.1) is 5.69 Å². The first kappa shape index (κ1) is 7.62. The van der Waals surface area contributed by atoms with Crippen LogP contribution in [0.1, 0.15) is 16.3 Å². The second-order valence-corrected chi connectivity index (χ2v) is 1.94. The van der Waals surface area contributed by atoms with Gasteiger partial charge in [0.25, 0.3) is 5.91 Å². The van der Waals surface area contributed by atoms with Crippen LogP contribution in [-0.2, 0) is 6.54 Å². The number of hydrogen-bond acceptors (Lipinski definition) is 4. The van der Waals surface area contributed by atoms with Gasteiger partial charge in [-0.25, -0.2) is 9.97 Å². The Morgan fingerprint density at radius 1 is 1.64 bits per heavy atom. The number of carbonyl (C=O) groups excluding carboxylic acids is 1. The van der Waals surface area contributed by atoms with Gasteiger partial charge in [0.1, 0.15) is 0 Å². The molecule has 0 spiro atoms. The van der Waals surface area contributed by atoms with Gasteiger partial charge in [0.15, 0.2) is 0 Å². The average molecular weight is 152 g/mol. The monoisotopic (exact) mass is 152 g/mol. The van der Waals surface area contributed by atoms with E-state index in [0.29, 0.717) is 5.69 Å². The summed E-state index contributed by atoms with van der Waals surface area (Å²) in [5.41, 5.74) is 10.8. The van der Waals surface area contributed by atoms with Crippen molar-refractivity contribution < 1.29 is 4.79 Å². The maximum Gasteiger partial charge on any atom is 0.286 e. The molecule has 0 bridgehead atoms. The van der Waals surface area contributed by atoms with Crippen LogP contribution in [0.5, 0.6) is 0 Å². The molecule has 1 aromatic rings. The molecule has 0 fully saturated rings. The summed E-state index contributed by atoms with van der Waals surface area (Å²) in [6.45, 7) is 0.281. The predicted molar refractivity (Wildman–Crippen MR) is 38.4 cm³/mol. The third-order valence-corrected chi connectivity index (χ3v) is 1.14. The molecule has 0 saturated carbocycles. The van der Waals surface area contributed by atoms with E-state index < -0.39 is 5.91 Å². The standard InChI is InChI=1S/C6H8N4O/c7-3-4-1-2-9-6(10-4)5(8)11/h1-2H,3,7H2,(H2,8,11). The lowest BCUT2D eigenvalue weighted by Gasteiger charge is -1.95. The number of nitrogens with two attached hydrogens (primary N) is 2. The minimum atomic E-state index is -0.639. The maximum atomic E-state index is 10.5. The van der Waals surface area contributed by atoms with Crippen LogP contribution >= 0.6 is 0 Å². The van der Waals surface area contributed by atoms with Gasteiger partial charge < -0.3 is 11.5 Å². The summed E-state index contributed by atoms with van der Waals surface area (Å²) in [4.78, 5) is 18.0. The number of amides is 1. The number of aromatic nitrogens is 2. The molecule has 0 saturated heterocycles. The van der Waals surface area contributed by atoms with Gasteiger partial charge in [0.2, 0.25) is 5.82 Å². The van der Waals surface area contributed by atoms with Crippen molar-refractivity contribution in [3.05, 3.63) is 23.8 Å². The second kappa shape index (κ2) is 3.07. The predicted octanol–water partition coefficient (Wildman–Crippen LogP) is -0.966. The minimum absolute atomic E-state index is 0.00736. The highest BCUT2D eigenvalue weighted by molar-refractivity contribution is 5.88. The summed E-state index contributed by atoms with van der Waals surface area (Å²) in [5.74, 6) is -0.631. The summed E-state index contributed by atoms with van der Waals surface area (Å²) >= 11 is 0. The van der Waals surface area contributed by atoms with Gasteiger partial charge in [-0.1, -0.05) is 0 Å². The molecule has 0 aromatic carbocycles. The zero-order valence-electron chi connectivity index (χ0n) is 5.82. The lowest BCUT2D eigenvalue weighted by Crippen LogP contribution is -2.16. The molecule has 5 heteroatoms. The molecule has 1 rings (SSSR count). The van der Waals surface area contributed by atoms with E-state index in [4.69, 9.17) is 11.5 Å². The van der Waals surface area contributed by atoms with Crippen molar-refractivity contribution in [2.24, 2.45) is 11.5 Å². The van der Waals surface area contributed by atoms with Gasteiger partial charge in [-0.3, -0.25) is 4.79 Å². The third-order valence-electron chi connectivity index (χ3n) is 1.14. The molecule has 1 amide bonds. The molecule has 58 valence electrons. The average Bonchev–Trinajstić information content (AvgIpc) is 2.05. The highest BCUT2D eigenvalue weighted by atomic mass is 16.1. The molecular formula is C6H8N4O. The second-order valence-electron chi connectivity index (χ2n) is 1.94. The lowest BCUT2D eigenvalue weighted by molar-refractivity contribution is 0.0990. The SMILES string of the molecule is NCc1ccnc(C(N)=O)n1. The fraction of sp³-hybridized carbons (Fsp3) is 0.167. The summed E-state index contributed by atoms with van der Waals surface area (Å²) in [7, 11) is 0. The van der Waals surface area contributed by atoms with Crippen LogP contribution in [0.2, 0.25) is 0 Å². The van der Waals surface area contributed by atoms with E-state index in [0.717, 1.165) is 0 Å². The number of rotatable bonds is 2. The summed E-state index contributed by atoms with van der Waals surface area (Å²) in [6.07, 6.45) is 1.45. The number of primary amides is 1. The van der Waals surface area contributed by atoms with Crippen LogP contribution in [0.15, 0.2) is 12.3 Å². The van der Waals surface area contributed by atoms with Crippen molar-refractivity contribution in [2.45, 2.75) is 6.54 Å². The van der Waals surface area contributed by atoms with Gasteiger partial charge >= 0.3 is 0 Å². The minimum Gasteiger partial charge on any atom is -0.363 e. The third kappa shape index (κ3) is 1.71. The Morgan fingerprint density at radius 2 is 2.36 bits per heavy atom. The van der Waals surface area contributed by atoms with Crippen molar-refractivity contribution in [2.75, 3.05) is 0 Å². The molecule has 0 aliphatic heterocycles. The zero-order valence-corrected chi connectivity index (χ0v) is 5.82. The van der Waals surface area contributed by atoms with Gasteiger partial charge in [-0.15, -0.1) is 0 Å². The molecule has 0 radical (unpaired) electrons. The van der Waals surface area contributed by atoms with E-state index in [1.807, 2.05) is 0 Å². The van der Waals surface area contributed by atoms with Crippen molar-refractivity contribution in [3.63, 3.8) is 0 Å². The molecule has 0 atom stereocenters. The normalized spacial score (nSPS) is 9.55. The van der Waals surface area contributed by atoms with E-state index in [2.05, 4.69) is 9.97 Å². The fourth-order valence-corrected chi connectivity index (χ4v) is 0.628. The Bertz CT molecular complexity index is 273. The van der Waals surface area contributed by atoms with Gasteiger partial charge in [0, 0.05) is 12.7 Å². The Hall–Kier alpha value is -1.49. The van der Waals surface area contributed by atoms with Crippen molar-refractivity contribution in [3.8, 4) is 0 Å². The Kier molecular flexibility index (Phi) is 2.12. The van der Waals surface area contributed by atoms with Crippen molar-refractivity contribution in [1.82, 2.24) is 9.97 Å². The van der Waals surface area contributed by atoms with E-state index >= 15 is 0 Å². The Balaban J connectivity index is 3.01. The number of nitrogens with zero attached hydrogens (tertiary/aromatic N) is 2. The van der Waals surface area contributed by atoms with Gasteiger partial charge in [-0.2, -0.15) is 0 Å². The van der Waals surface area contributed by atoms with E-state index in [9.17, 15) is 4.79 Å². The zero-order chi connectivity index (χ0) is 8.27. The number of carbonyl (C=O) groups is 1. The van der Waals surface area contributed by atoms with Crippen molar-refractivity contribution >= 4 is 5.91 Å². The van der Waals surface area contributed by atoms with Crippen LogP contribution in [0, 0.1) is 0 Å². The first-order valence-electron chi connectivity index (χ1n) is 3.06. The highest BCUT2D eigenvalue weighted by Gasteiger charge is 2.02. The first-order chi connectivity index (χ1) is 5.24. The van der Waals surface area contributed by atoms with E-state index in [1.165, 1.54) is 6.20 Å². The van der Waals surface area contributed by atoms with Crippen LogP contribution in [0.25, 0.3) is 0 Å². The van der Waals surface area contributed by atoms with Crippen LogP contribution in [-0.4, -0.2) is 15.9 Å². The molecule has 0 unspecified atom stereocenters. The molecule has 11 heavy (non-hydrogen) atoms. The van der Waals surface area contributed by atoms with Crippen molar-refractivity contribution in [1.29, 1.82) is 0 Å². The van der Waals surface area contributed by atoms with E-state index in [-0.39, 0.29) is 12.4 Å². The maximum absolute atomic E-state index is 10.5. The van der Waals surface area contributed by atoms with E-state index in [1.54, 1.807) is 6.07 Å². The quantitative estimate of drug-likeness (QED) is 0.570. The molecule has 1 aromatic heterocycles. The summed E-state index contributed by atoms with van der Waals surface area (Å²) < 4.78 is 0. The van der Waals surface area contributed by atoms with Crippen LogP contribution in [0.4, 0.5) is 0 Å². The smallest absolute Gasteiger partial charge is 0.286 e. The first-order valence-corrected chi connectivity index (χ1v) is 3.06. The van der Waals surface area contributed by atoms with Gasteiger partial charge in [-0.05, 0) is 6.07 Å². The van der Waals surface area contributed by atoms with Crippen LogP contribution < -0.4 is 11.5 Å². The largest absolute Gasteiger partial charge is 0.363 e. The van der Waals surface area contributed by atoms with Crippen LogP contribution in [0.3, 0.4) is 0 Å². The molecule has 0 aliphatic rings. The topological polar surface area (TPSA) is 94.9 Å². The molecular weight excluding hydrogens is 144 g/mol. The summed E-state index contributed by atoms with van der Waals surface area (Å²) in [6, 6.07) is 1.63.